The second-order valence-electron chi connectivity index (χ2n) is 7.13. The van der Waals surface area contributed by atoms with Crippen LogP contribution >= 0.6 is 0 Å². The second kappa shape index (κ2) is 9.04. The maximum Gasteiger partial charge on any atom is 0.345 e. The Labute approximate surface area is 190 Å². The number of benzene rings is 2. The number of aryl methyl sites for hydroxylation is 1. The lowest BCUT2D eigenvalue weighted by atomic mass is 10.0. The molecular formula is C25H21NO7. The minimum atomic E-state index is -0.558. The van der Waals surface area contributed by atoms with Crippen molar-refractivity contribution in [3.63, 3.8) is 0 Å². The van der Waals surface area contributed by atoms with Gasteiger partial charge in [-0.15, -0.1) is 0 Å². The van der Waals surface area contributed by atoms with E-state index in [1.807, 2.05) is 0 Å². The third-order valence-electron chi connectivity index (χ3n) is 5.07. The van der Waals surface area contributed by atoms with Crippen LogP contribution in [0.5, 0.6) is 28.7 Å². The quantitative estimate of drug-likeness (QED) is 0.315. The van der Waals surface area contributed by atoms with Crippen LogP contribution in [0.3, 0.4) is 0 Å². The average molecular weight is 447 g/mol. The monoisotopic (exact) mass is 447 g/mol. The number of ketones is 1. The third kappa shape index (κ3) is 4.23. The summed E-state index contributed by atoms with van der Waals surface area (Å²) in [5.41, 5.74) is 1.91. The van der Waals surface area contributed by atoms with Crippen molar-refractivity contribution >= 4 is 17.8 Å². The molecule has 0 bridgehead atoms. The van der Waals surface area contributed by atoms with Gasteiger partial charge in [-0.1, -0.05) is 0 Å². The SMILES string of the molecule is COc1cc(OC)c(OC)cc1/C=C1\Oc2cc(OC(=O)c3cccnc3)cc(C)c2C1=O. The zero-order chi connectivity index (χ0) is 23.5. The number of Topliss-reactive ketones (excluding diaryl/α,β-unsaturated/α-hetero) is 1. The van der Waals surface area contributed by atoms with Gasteiger partial charge in [0.1, 0.15) is 17.2 Å². The molecule has 168 valence electrons. The van der Waals surface area contributed by atoms with E-state index in [4.69, 9.17) is 23.7 Å². The molecule has 0 N–H and O–H groups in total. The molecule has 33 heavy (non-hydrogen) atoms. The van der Waals surface area contributed by atoms with Gasteiger partial charge < -0.3 is 23.7 Å². The average Bonchev–Trinajstić information content (AvgIpc) is 3.14. The fraction of sp³-hybridized carbons (Fsp3) is 0.160. The number of ether oxygens (including phenoxy) is 5. The number of nitrogens with zero attached hydrogens (tertiary/aromatic N) is 1. The molecule has 0 amide bonds. The summed E-state index contributed by atoms with van der Waals surface area (Å²) in [7, 11) is 4.56. The predicted molar refractivity (Wildman–Crippen MR) is 119 cm³/mol. The van der Waals surface area contributed by atoms with Gasteiger partial charge in [-0.25, -0.2) is 4.79 Å². The first-order valence-corrected chi connectivity index (χ1v) is 9.96. The van der Waals surface area contributed by atoms with Crippen molar-refractivity contribution in [3.05, 3.63) is 76.8 Å². The van der Waals surface area contributed by atoms with Crippen LogP contribution in [-0.4, -0.2) is 38.1 Å². The number of methoxy groups -OCH3 is 3. The van der Waals surface area contributed by atoms with Gasteiger partial charge in [0.25, 0.3) is 0 Å². The molecule has 0 spiro atoms. The van der Waals surface area contributed by atoms with Gasteiger partial charge in [0.2, 0.25) is 5.78 Å². The number of esters is 1. The molecule has 4 rings (SSSR count). The smallest absolute Gasteiger partial charge is 0.345 e. The molecule has 1 aromatic heterocycles. The number of hydrogen-bond donors (Lipinski definition) is 0. The van der Waals surface area contributed by atoms with Crippen LogP contribution in [0.1, 0.15) is 31.8 Å². The molecule has 0 unspecified atom stereocenters. The fourth-order valence-corrected chi connectivity index (χ4v) is 3.49. The topological polar surface area (TPSA) is 93.2 Å². The summed E-state index contributed by atoms with van der Waals surface area (Å²) in [4.78, 5) is 29.3. The van der Waals surface area contributed by atoms with Crippen molar-refractivity contribution in [2.75, 3.05) is 21.3 Å². The molecule has 2 aromatic carbocycles. The van der Waals surface area contributed by atoms with E-state index in [0.717, 1.165) is 0 Å². The summed E-state index contributed by atoms with van der Waals surface area (Å²) in [6.45, 7) is 1.75. The van der Waals surface area contributed by atoms with Gasteiger partial charge >= 0.3 is 5.97 Å². The van der Waals surface area contributed by atoms with Gasteiger partial charge in [-0.05, 0) is 42.8 Å². The van der Waals surface area contributed by atoms with E-state index in [1.165, 1.54) is 33.6 Å². The van der Waals surface area contributed by atoms with Crippen LogP contribution in [0.25, 0.3) is 6.08 Å². The normalized spacial score (nSPS) is 13.3. The summed E-state index contributed by atoms with van der Waals surface area (Å²) >= 11 is 0. The lowest BCUT2D eigenvalue weighted by Gasteiger charge is -2.12. The fourth-order valence-electron chi connectivity index (χ4n) is 3.49. The number of fused-ring (bicyclic) bond motifs is 1. The van der Waals surface area contributed by atoms with Crippen LogP contribution in [0, 0.1) is 6.92 Å². The molecule has 0 saturated carbocycles. The highest BCUT2D eigenvalue weighted by atomic mass is 16.5. The Morgan fingerprint density at radius 3 is 2.39 bits per heavy atom. The summed E-state index contributed by atoms with van der Waals surface area (Å²) < 4.78 is 27.4. The van der Waals surface area contributed by atoms with E-state index >= 15 is 0 Å². The van der Waals surface area contributed by atoms with Gasteiger partial charge in [0.15, 0.2) is 17.3 Å². The largest absolute Gasteiger partial charge is 0.496 e. The highest BCUT2D eigenvalue weighted by molar-refractivity contribution is 6.15. The molecule has 0 aliphatic carbocycles. The van der Waals surface area contributed by atoms with E-state index in [9.17, 15) is 9.59 Å². The van der Waals surface area contributed by atoms with E-state index < -0.39 is 5.97 Å². The van der Waals surface area contributed by atoms with Crippen LogP contribution in [-0.2, 0) is 0 Å². The minimum absolute atomic E-state index is 0.106. The Balaban J connectivity index is 1.66. The van der Waals surface area contributed by atoms with Crippen molar-refractivity contribution in [1.82, 2.24) is 4.98 Å². The van der Waals surface area contributed by atoms with E-state index in [1.54, 1.807) is 49.5 Å². The summed E-state index contributed by atoms with van der Waals surface area (Å²) in [5.74, 6) is 1.28. The summed E-state index contributed by atoms with van der Waals surface area (Å²) in [6, 6.07) is 9.74. The van der Waals surface area contributed by atoms with Crippen molar-refractivity contribution < 1.29 is 33.3 Å². The lowest BCUT2D eigenvalue weighted by Crippen LogP contribution is -2.09. The van der Waals surface area contributed by atoms with E-state index in [0.29, 0.717) is 45.3 Å². The van der Waals surface area contributed by atoms with Gasteiger partial charge in [0, 0.05) is 30.1 Å². The highest BCUT2D eigenvalue weighted by Gasteiger charge is 2.31. The molecule has 0 atom stereocenters. The van der Waals surface area contributed by atoms with Crippen molar-refractivity contribution in [2.45, 2.75) is 6.92 Å². The van der Waals surface area contributed by atoms with Crippen LogP contribution in [0.2, 0.25) is 0 Å². The molecule has 3 aromatic rings. The number of rotatable bonds is 6. The molecule has 1 aliphatic heterocycles. The number of allylic oxidation sites excluding steroid dienone is 1. The molecule has 0 radical (unpaired) electrons. The zero-order valence-electron chi connectivity index (χ0n) is 18.5. The molecule has 8 nitrogen and oxygen atoms in total. The van der Waals surface area contributed by atoms with Crippen LogP contribution in [0.4, 0.5) is 0 Å². The van der Waals surface area contributed by atoms with Crippen molar-refractivity contribution in [1.29, 1.82) is 0 Å². The Hall–Kier alpha value is -4.33. The standard InChI is InChI=1S/C25H21NO7/c1-14-8-17(32-25(28)15-6-5-7-26-13-15)11-21-23(14)24(27)22(33-21)10-16-9-19(30-3)20(31-4)12-18(16)29-2/h5-13H,1-4H3/b22-10-. The summed E-state index contributed by atoms with van der Waals surface area (Å²) in [5, 5.41) is 0. The number of carbonyl (C=O) groups is 2. The molecule has 1 aliphatic rings. The highest BCUT2D eigenvalue weighted by Crippen LogP contribution is 2.40. The Kier molecular flexibility index (Phi) is 5.99. The molecule has 2 heterocycles. The lowest BCUT2D eigenvalue weighted by molar-refractivity contribution is 0.0734. The van der Waals surface area contributed by atoms with Gasteiger partial charge in [-0.3, -0.25) is 9.78 Å². The maximum absolute atomic E-state index is 13.0. The minimum Gasteiger partial charge on any atom is -0.496 e. The molecular weight excluding hydrogens is 426 g/mol. The first kappa shape index (κ1) is 21.9. The Morgan fingerprint density at radius 1 is 1.00 bits per heavy atom. The number of hydrogen-bond acceptors (Lipinski definition) is 8. The molecule has 0 saturated heterocycles. The predicted octanol–water partition coefficient (Wildman–Crippen LogP) is 4.25. The van der Waals surface area contributed by atoms with Gasteiger partial charge in [-0.2, -0.15) is 0 Å². The van der Waals surface area contributed by atoms with Crippen LogP contribution in [0.15, 0.2) is 54.6 Å². The Bertz CT molecular complexity index is 1270. The number of carbonyl (C=O) groups excluding carboxylic acids is 2. The number of aromatic nitrogens is 1. The maximum atomic E-state index is 13.0. The van der Waals surface area contributed by atoms with E-state index in [2.05, 4.69) is 4.98 Å². The molecule has 0 fully saturated rings. The zero-order valence-corrected chi connectivity index (χ0v) is 18.5. The molecule has 8 heteroatoms. The first-order chi connectivity index (χ1) is 15.9. The summed E-state index contributed by atoms with van der Waals surface area (Å²) in [6.07, 6.45) is 4.56. The Morgan fingerprint density at radius 2 is 1.73 bits per heavy atom. The van der Waals surface area contributed by atoms with E-state index in [-0.39, 0.29) is 17.3 Å². The second-order valence-corrected chi connectivity index (χ2v) is 7.13. The number of pyridine rings is 1. The van der Waals surface area contributed by atoms with Crippen molar-refractivity contribution in [3.8, 4) is 28.7 Å². The van der Waals surface area contributed by atoms with Gasteiger partial charge in [0.05, 0.1) is 32.5 Å². The third-order valence-corrected chi connectivity index (χ3v) is 5.07. The first-order valence-electron chi connectivity index (χ1n) is 9.96. The van der Waals surface area contributed by atoms with Crippen molar-refractivity contribution in [2.24, 2.45) is 0 Å². The van der Waals surface area contributed by atoms with Crippen LogP contribution < -0.4 is 23.7 Å².